The molecule has 5 nitrogen and oxygen atoms in total. The minimum Gasteiger partial charge on any atom is -0.465 e. The van der Waals surface area contributed by atoms with Crippen LogP contribution >= 0.6 is 0 Å². The van der Waals surface area contributed by atoms with E-state index in [1.165, 1.54) is 12.3 Å². The first-order valence-electron chi connectivity index (χ1n) is 8.52. The summed E-state index contributed by atoms with van der Waals surface area (Å²) >= 11 is 0. The lowest BCUT2D eigenvalue weighted by molar-refractivity contribution is -0.113. The Morgan fingerprint density at radius 3 is 2.26 bits per heavy atom. The molecule has 0 aliphatic rings. The Labute approximate surface area is 157 Å². The summed E-state index contributed by atoms with van der Waals surface area (Å²) in [5.41, 5.74) is 3.29. The molecule has 0 saturated carbocycles. The van der Waals surface area contributed by atoms with E-state index in [0.29, 0.717) is 17.0 Å². The van der Waals surface area contributed by atoms with Gasteiger partial charge in [-0.25, -0.2) is 0 Å². The lowest BCUT2D eigenvalue weighted by atomic mass is 10.1. The smallest absolute Gasteiger partial charge is 0.272 e. The number of carbonyl (C=O) groups excluding carboxylic acids is 2. The van der Waals surface area contributed by atoms with Gasteiger partial charge in [0.25, 0.3) is 11.8 Å². The molecule has 3 aromatic rings. The maximum atomic E-state index is 12.8. The first-order valence-corrected chi connectivity index (χ1v) is 8.52. The second kappa shape index (κ2) is 8.19. The van der Waals surface area contributed by atoms with Crippen molar-refractivity contribution in [1.82, 2.24) is 5.32 Å². The van der Waals surface area contributed by atoms with Crippen molar-refractivity contribution in [3.8, 4) is 0 Å². The van der Waals surface area contributed by atoms with Crippen molar-refractivity contribution in [3.05, 3.63) is 95.1 Å². The van der Waals surface area contributed by atoms with Crippen molar-refractivity contribution in [1.29, 1.82) is 0 Å². The summed E-state index contributed by atoms with van der Waals surface area (Å²) in [5.74, 6) is -0.335. The van der Waals surface area contributed by atoms with Gasteiger partial charge in [-0.2, -0.15) is 0 Å². The molecule has 0 aliphatic heterocycles. The lowest BCUT2D eigenvalue weighted by Gasteiger charge is -2.12. The van der Waals surface area contributed by atoms with Crippen molar-refractivity contribution in [2.45, 2.75) is 13.8 Å². The van der Waals surface area contributed by atoms with Crippen LogP contribution in [0.5, 0.6) is 0 Å². The number of amides is 2. The fourth-order valence-electron chi connectivity index (χ4n) is 2.70. The number of hydrogen-bond acceptors (Lipinski definition) is 3. The maximum Gasteiger partial charge on any atom is 0.272 e. The quantitative estimate of drug-likeness (QED) is 0.666. The second-order valence-electron chi connectivity index (χ2n) is 6.22. The Morgan fingerprint density at radius 2 is 1.63 bits per heavy atom. The van der Waals surface area contributed by atoms with Crippen LogP contribution in [0.4, 0.5) is 5.69 Å². The molecule has 1 aromatic heterocycles. The third-order valence-corrected chi connectivity index (χ3v) is 3.84. The highest BCUT2D eigenvalue weighted by molar-refractivity contribution is 6.10. The van der Waals surface area contributed by atoms with Crippen LogP contribution < -0.4 is 10.6 Å². The number of nitrogens with one attached hydrogen (secondary N) is 2. The molecule has 0 fully saturated rings. The van der Waals surface area contributed by atoms with E-state index in [9.17, 15) is 9.59 Å². The van der Waals surface area contributed by atoms with E-state index in [1.54, 1.807) is 36.4 Å². The average Bonchev–Trinajstić information content (AvgIpc) is 3.14. The fraction of sp³-hybridized carbons (Fsp3) is 0.0909. The topological polar surface area (TPSA) is 71.3 Å². The number of carbonyl (C=O) groups is 2. The predicted octanol–water partition coefficient (Wildman–Crippen LogP) is 4.31. The summed E-state index contributed by atoms with van der Waals surface area (Å²) in [5, 5.41) is 5.50. The number of furan rings is 1. The van der Waals surface area contributed by atoms with Crippen LogP contribution in [-0.2, 0) is 4.79 Å². The highest BCUT2D eigenvalue weighted by Crippen LogP contribution is 2.15. The lowest BCUT2D eigenvalue weighted by Crippen LogP contribution is -2.30. The van der Waals surface area contributed by atoms with Crippen molar-refractivity contribution in [3.63, 3.8) is 0 Å². The van der Waals surface area contributed by atoms with E-state index in [0.717, 1.165) is 11.1 Å². The number of benzene rings is 2. The van der Waals surface area contributed by atoms with Gasteiger partial charge in [-0.1, -0.05) is 24.3 Å². The molecule has 1 heterocycles. The number of anilines is 1. The van der Waals surface area contributed by atoms with Crippen molar-refractivity contribution in [2.24, 2.45) is 0 Å². The van der Waals surface area contributed by atoms with Gasteiger partial charge in [0.2, 0.25) is 0 Å². The van der Waals surface area contributed by atoms with Crippen molar-refractivity contribution < 1.29 is 14.0 Å². The molecule has 0 aliphatic carbocycles. The monoisotopic (exact) mass is 360 g/mol. The SMILES string of the molecule is Cc1cc(C)cc(NC(=O)/C(=C/c2ccco2)NC(=O)c2ccccc2)c1. The number of hydrogen-bond donors (Lipinski definition) is 2. The van der Waals surface area contributed by atoms with Gasteiger partial charge >= 0.3 is 0 Å². The summed E-state index contributed by atoms with van der Waals surface area (Å²) in [4.78, 5) is 25.3. The fourth-order valence-corrected chi connectivity index (χ4v) is 2.70. The molecule has 3 rings (SSSR count). The van der Waals surface area contributed by atoms with E-state index < -0.39 is 5.91 Å². The molecule has 5 heteroatoms. The summed E-state index contributed by atoms with van der Waals surface area (Å²) in [6.45, 7) is 3.92. The summed E-state index contributed by atoms with van der Waals surface area (Å²) in [6, 6.07) is 17.9. The Balaban J connectivity index is 1.85. The minimum absolute atomic E-state index is 0.0953. The predicted molar refractivity (Wildman–Crippen MR) is 105 cm³/mol. The van der Waals surface area contributed by atoms with Crippen LogP contribution in [0.3, 0.4) is 0 Å². The van der Waals surface area contributed by atoms with Crippen LogP contribution in [0.1, 0.15) is 27.2 Å². The zero-order valence-corrected chi connectivity index (χ0v) is 15.2. The van der Waals surface area contributed by atoms with Gasteiger partial charge in [0, 0.05) is 17.3 Å². The zero-order valence-electron chi connectivity index (χ0n) is 15.2. The van der Waals surface area contributed by atoms with Gasteiger partial charge in [-0.3, -0.25) is 9.59 Å². The minimum atomic E-state index is -0.430. The molecule has 136 valence electrons. The van der Waals surface area contributed by atoms with Gasteiger partial charge in [-0.15, -0.1) is 0 Å². The van der Waals surface area contributed by atoms with E-state index in [2.05, 4.69) is 10.6 Å². The van der Waals surface area contributed by atoms with Crippen LogP contribution in [-0.4, -0.2) is 11.8 Å². The molecule has 0 unspecified atom stereocenters. The third-order valence-electron chi connectivity index (χ3n) is 3.84. The van der Waals surface area contributed by atoms with Gasteiger partial charge in [0.05, 0.1) is 6.26 Å². The Hall–Kier alpha value is -3.60. The highest BCUT2D eigenvalue weighted by atomic mass is 16.3. The van der Waals surface area contributed by atoms with Gasteiger partial charge in [0.15, 0.2) is 0 Å². The molecule has 0 saturated heterocycles. The molecule has 2 aromatic carbocycles. The second-order valence-corrected chi connectivity index (χ2v) is 6.22. The highest BCUT2D eigenvalue weighted by Gasteiger charge is 2.15. The molecular formula is C22H20N2O3. The van der Waals surface area contributed by atoms with E-state index in [4.69, 9.17) is 4.42 Å². The Kier molecular flexibility index (Phi) is 5.52. The molecular weight excluding hydrogens is 340 g/mol. The largest absolute Gasteiger partial charge is 0.465 e. The molecule has 2 amide bonds. The first kappa shape index (κ1) is 18.2. The zero-order chi connectivity index (χ0) is 19.2. The normalized spacial score (nSPS) is 11.1. The molecule has 0 radical (unpaired) electrons. The summed E-state index contributed by atoms with van der Waals surface area (Å²) < 4.78 is 5.28. The summed E-state index contributed by atoms with van der Waals surface area (Å²) in [7, 11) is 0. The van der Waals surface area contributed by atoms with Crippen LogP contribution in [0, 0.1) is 13.8 Å². The van der Waals surface area contributed by atoms with Crippen molar-refractivity contribution >= 4 is 23.6 Å². The molecule has 27 heavy (non-hydrogen) atoms. The number of rotatable bonds is 5. The molecule has 0 bridgehead atoms. The van der Waals surface area contributed by atoms with Crippen molar-refractivity contribution in [2.75, 3.05) is 5.32 Å². The first-order chi connectivity index (χ1) is 13.0. The molecule has 0 spiro atoms. The average molecular weight is 360 g/mol. The van der Waals surface area contributed by atoms with Crippen LogP contribution in [0.15, 0.2) is 77.0 Å². The van der Waals surface area contributed by atoms with Crippen LogP contribution in [0.2, 0.25) is 0 Å². The maximum absolute atomic E-state index is 12.8. The molecule has 0 atom stereocenters. The number of aryl methyl sites for hydroxylation is 2. The van der Waals surface area contributed by atoms with E-state index in [-0.39, 0.29) is 11.6 Å². The van der Waals surface area contributed by atoms with Gasteiger partial charge in [-0.05, 0) is 61.4 Å². The molecule has 2 N–H and O–H groups in total. The third kappa shape index (κ3) is 4.95. The van der Waals surface area contributed by atoms with Crippen LogP contribution in [0.25, 0.3) is 6.08 Å². The standard InChI is InChI=1S/C22H20N2O3/c1-15-11-16(2)13-18(12-15)23-22(26)20(14-19-9-6-10-27-19)24-21(25)17-7-4-3-5-8-17/h3-14H,1-2H3,(H,23,26)(H,24,25)/b20-14-. The Bertz CT molecular complexity index is 954. The summed E-state index contributed by atoms with van der Waals surface area (Å²) in [6.07, 6.45) is 3.00. The van der Waals surface area contributed by atoms with E-state index >= 15 is 0 Å². The van der Waals surface area contributed by atoms with Gasteiger partial charge in [0.1, 0.15) is 11.5 Å². The van der Waals surface area contributed by atoms with E-state index in [1.807, 2.05) is 38.1 Å². The Morgan fingerprint density at radius 1 is 0.926 bits per heavy atom. The van der Waals surface area contributed by atoms with Gasteiger partial charge < -0.3 is 15.1 Å².